The number of aromatic nitrogens is 1. The van der Waals surface area contributed by atoms with Crippen LogP contribution in [-0.4, -0.2) is 11.5 Å². The molecule has 5 heteroatoms. The first-order chi connectivity index (χ1) is 10.1. The van der Waals surface area contributed by atoms with Crippen LogP contribution in [0.2, 0.25) is 0 Å². The van der Waals surface area contributed by atoms with Gasteiger partial charge in [-0.2, -0.15) is 0 Å². The Balaban J connectivity index is 2.14. The van der Waals surface area contributed by atoms with Gasteiger partial charge in [0, 0.05) is 24.4 Å². The van der Waals surface area contributed by atoms with E-state index in [9.17, 15) is 4.39 Å². The molecule has 0 radical (unpaired) electrons. The molecule has 1 N–H and O–H groups in total. The third-order valence-corrected chi connectivity index (χ3v) is 3.51. The molecule has 0 unspecified atom stereocenters. The van der Waals surface area contributed by atoms with Gasteiger partial charge >= 0.3 is 0 Å². The Morgan fingerprint density at radius 1 is 1.29 bits per heavy atom. The van der Waals surface area contributed by atoms with Crippen molar-refractivity contribution in [3.63, 3.8) is 0 Å². The van der Waals surface area contributed by atoms with Gasteiger partial charge in [-0.25, -0.2) is 4.39 Å². The summed E-state index contributed by atoms with van der Waals surface area (Å²) in [5, 5.41) is 3.36. The largest absolute Gasteiger partial charge is 0.454 e. The van der Waals surface area contributed by atoms with Gasteiger partial charge in [0.05, 0.1) is 10.7 Å². The van der Waals surface area contributed by atoms with Gasteiger partial charge in [0.15, 0.2) is 0 Å². The van der Waals surface area contributed by atoms with Crippen molar-refractivity contribution >= 4 is 15.9 Å². The Kier molecular flexibility index (Phi) is 5.70. The summed E-state index contributed by atoms with van der Waals surface area (Å²) in [4.78, 5) is 4.07. The molecule has 1 heterocycles. The number of pyridine rings is 1. The van der Waals surface area contributed by atoms with Crippen LogP contribution in [0.4, 0.5) is 4.39 Å². The molecule has 2 aromatic rings. The van der Waals surface area contributed by atoms with Gasteiger partial charge in [-0.05, 0) is 46.6 Å². The summed E-state index contributed by atoms with van der Waals surface area (Å²) in [6.07, 6.45) is 3.36. The van der Waals surface area contributed by atoms with Crippen LogP contribution < -0.4 is 10.1 Å². The van der Waals surface area contributed by atoms with E-state index in [1.54, 1.807) is 18.5 Å². The molecule has 0 fully saturated rings. The van der Waals surface area contributed by atoms with E-state index in [0.29, 0.717) is 28.4 Å². The molecule has 2 rings (SSSR count). The van der Waals surface area contributed by atoms with Gasteiger partial charge in [0.25, 0.3) is 0 Å². The molecule has 0 saturated heterocycles. The second-order valence-corrected chi connectivity index (χ2v) is 6.04. The predicted octanol–water partition coefficient (Wildman–Crippen LogP) is 4.52. The highest BCUT2D eigenvalue weighted by Crippen LogP contribution is 2.31. The smallest absolute Gasteiger partial charge is 0.150 e. The van der Waals surface area contributed by atoms with E-state index in [2.05, 4.69) is 40.1 Å². The molecular formula is C16H18BrFN2O. The van der Waals surface area contributed by atoms with Crippen LogP contribution in [0.3, 0.4) is 0 Å². The molecule has 0 amide bonds. The van der Waals surface area contributed by atoms with Gasteiger partial charge in [-0.1, -0.05) is 13.8 Å². The number of hydrogen-bond donors (Lipinski definition) is 1. The number of benzene rings is 1. The molecule has 0 aliphatic carbocycles. The van der Waals surface area contributed by atoms with Crippen LogP contribution in [-0.2, 0) is 6.54 Å². The Morgan fingerprint density at radius 3 is 2.86 bits per heavy atom. The van der Waals surface area contributed by atoms with Crippen molar-refractivity contribution in [1.82, 2.24) is 10.3 Å². The highest BCUT2D eigenvalue weighted by Gasteiger charge is 2.09. The minimum Gasteiger partial charge on any atom is -0.454 e. The van der Waals surface area contributed by atoms with Crippen LogP contribution in [0.15, 0.2) is 41.1 Å². The minimum atomic E-state index is -0.337. The summed E-state index contributed by atoms with van der Waals surface area (Å²) in [5.41, 5.74) is 0.988. The number of nitrogens with zero attached hydrogens (tertiary/aromatic N) is 1. The van der Waals surface area contributed by atoms with Gasteiger partial charge in [0.2, 0.25) is 0 Å². The Hall–Kier alpha value is -1.46. The van der Waals surface area contributed by atoms with Crippen LogP contribution in [0.1, 0.15) is 19.4 Å². The third kappa shape index (κ3) is 4.79. The topological polar surface area (TPSA) is 34.2 Å². The number of ether oxygens (including phenoxy) is 1. The number of rotatable bonds is 6. The number of halogens is 2. The molecule has 1 aromatic heterocycles. The predicted molar refractivity (Wildman–Crippen MR) is 85.0 cm³/mol. The lowest BCUT2D eigenvalue weighted by Crippen LogP contribution is -2.19. The van der Waals surface area contributed by atoms with Crippen molar-refractivity contribution < 1.29 is 9.13 Å². The van der Waals surface area contributed by atoms with Crippen molar-refractivity contribution in [2.75, 3.05) is 6.54 Å². The van der Waals surface area contributed by atoms with E-state index in [1.165, 1.54) is 12.1 Å². The van der Waals surface area contributed by atoms with Crippen molar-refractivity contribution in [2.45, 2.75) is 20.4 Å². The molecule has 0 bridgehead atoms. The SMILES string of the molecule is CC(C)CNCc1ccncc1Oc1cc(F)ccc1Br. The van der Waals surface area contributed by atoms with Gasteiger partial charge in [-0.3, -0.25) is 4.98 Å². The fourth-order valence-electron chi connectivity index (χ4n) is 1.82. The maximum atomic E-state index is 13.3. The Morgan fingerprint density at radius 2 is 2.10 bits per heavy atom. The second-order valence-electron chi connectivity index (χ2n) is 5.18. The van der Waals surface area contributed by atoms with E-state index in [-0.39, 0.29) is 5.82 Å². The lowest BCUT2D eigenvalue weighted by atomic mass is 10.2. The fraction of sp³-hybridized carbons (Fsp3) is 0.312. The lowest BCUT2D eigenvalue weighted by molar-refractivity contribution is 0.459. The summed E-state index contributed by atoms with van der Waals surface area (Å²) < 4.78 is 19.8. The van der Waals surface area contributed by atoms with Gasteiger partial charge < -0.3 is 10.1 Å². The van der Waals surface area contributed by atoms with E-state index in [0.717, 1.165) is 12.1 Å². The Labute approximate surface area is 132 Å². The van der Waals surface area contributed by atoms with Crippen molar-refractivity contribution in [3.05, 3.63) is 52.5 Å². The summed E-state index contributed by atoms with van der Waals surface area (Å²) in [6.45, 7) is 5.91. The lowest BCUT2D eigenvalue weighted by Gasteiger charge is -2.13. The second kappa shape index (κ2) is 7.52. The molecule has 0 saturated carbocycles. The molecular weight excluding hydrogens is 335 g/mol. The first-order valence-corrected chi connectivity index (χ1v) is 7.62. The van der Waals surface area contributed by atoms with Crippen LogP contribution in [0.5, 0.6) is 11.5 Å². The van der Waals surface area contributed by atoms with Crippen molar-refractivity contribution in [1.29, 1.82) is 0 Å². The average Bonchev–Trinajstić information content (AvgIpc) is 2.44. The summed E-state index contributed by atoms with van der Waals surface area (Å²) in [5.74, 6) is 1.30. The molecule has 3 nitrogen and oxygen atoms in total. The van der Waals surface area contributed by atoms with Crippen LogP contribution >= 0.6 is 15.9 Å². The maximum Gasteiger partial charge on any atom is 0.150 e. The molecule has 21 heavy (non-hydrogen) atoms. The highest BCUT2D eigenvalue weighted by atomic mass is 79.9. The minimum absolute atomic E-state index is 0.337. The van der Waals surface area contributed by atoms with E-state index in [1.807, 2.05) is 6.07 Å². The first kappa shape index (κ1) is 15.9. The van der Waals surface area contributed by atoms with E-state index in [4.69, 9.17) is 4.74 Å². The summed E-state index contributed by atoms with van der Waals surface area (Å²) in [6, 6.07) is 6.25. The molecule has 0 spiro atoms. The maximum absolute atomic E-state index is 13.3. The molecule has 0 aliphatic heterocycles. The Bertz CT molecular complexity index is 605. The zero-order chi connectivity index (χ0) is 15.2. The van der Waals surface area contributed by atoms with Crippen LogP contribution in [0.25, 0.3) is 0 Å². The monoisotopic (exact) mass is 352 g/mol. The summed E-state index contributed by atoms with van der Waals surface area (Å²) in [7, 11) is 0. The standard InChI is InChI=1S/C16H18BrFN2O/c1-11(2)8-20-9-12-5-6-19-10-16(12)21-15-7-13(18)3-4-14(15)17/h3-7,10-11,20H,8-9H2,1-2H3. The van der Waals surface area contributed by atoms with Crippen molar-refractivity contribution in [3.8, 4) is 11.5 Å². The first-order valence-electron chi connectivity index (χ1n) is 6.82. The number of nitrogens with one attached hydrogen (secondary N) is 1. The van der Waals surface area contributed by atoms with Gasteiger partial charge in [-0.15, -0.1) is 0 Å². The fourth-order valence-corrected chi connectivity index (χ4v) is 2.14. The average molecular weight is 353 g/mol. The van der Waals surface area contributed by atoms with E-state index < -0.39 is 0 Å². The normalized spacial score (nSPS) is 10.9. The van der Waals surface area contributed by atoms with Crippen LogP contribution in [0, 0.1) is 11.7 Å². The quantitative estimate of drug-likeness (QED) is 0.829. The molecule has 112 valence electrons. The number of hydrogen-bond acceptors (Lipinski definition) is 3. The highest BCUT2D eigenvalue weighted by molar-refractivity contribution is 9.10. The molecule has 0 atom stereocenters. The third-order valence-electron chi connectivity index (χ3n) is 2.85. The zero-order valence-electron chi connectivity index (χ0n) is 12.1. The molecule has 1 aromatic carbocycles. The van der Waals surface area contributed by atoms with Gasteiger partial charge in [0.1, 0.15) is 17.3 Å². The summed E-state index contributed by atoms with van der Waals surface area (Å²) >= 11 is 3.36. The van der Waals surface area contributed by atoms with Crippen molar-refractivity contribution in [2.24, 2.45) is 5.92 Å². The molecule has 0 aliphatic rings. The zero-order valence-corrected chi connectivity index (χ0v) is 13.7. The van der Waals surface area contributed by atoms with E-state index >= 15 is 0 Å².